The predicted molar refractivity (Wildman–Crippen MR) is 74.7 cm³/mol. The molecule has 1 aromatic heterocycles. The first-order valence-electron chi connectivity index (χ1n) is 6.53. The van der Waals surface area contributed by atoms with Crippen molar-refractivity contribution in [3.05, 3.63) is 48.8 Å². The van der Waals surface area contributed by atoms with Crippen molar-refractivity contribution >= 4 is 0 Å². The Labute approximate surface area is 109 Å². The van der Waals surface area contributed by atoms with E-state index in [2.05, 4.69) is 24.0 Å². The van der Waals surface area contributed by atoms with Crippen LogP contribution < -0.4 is 4.74 Å². The largest absolute Gasteiger partial charge is 0.494 e. The summed E-state index contributed by atoms with van der Waals surface area (Å²) in [6.45, 7) is 3.01. The lowest BCUT2D eigenvalue weighted by Gasteiger charge is -2.07. The van der Waals surface area contributed by atoms with E-state index in [1.165, 1.54) is 24.0 Å². The fourth-order valence-electron chi connectivity index (χ4n) is 1.83. The second-order valence-electron chi connectivity index (χ2n) is 4.32. The molecule has 0 saturated heterocycles. The summed E-state index contributed by atoms with van der Waals surface area (Å²) in [7, 11) is 0. The topological polar surface area (TPSA) is 22.1 Å². The molecule has 18 heavy (non-hydrogen) atoms. The third-order valence-electron chi connectivity index (χ3n) is 2.88. The minimum absolute atomic E-state index is 0.808. The molecule has 0 unspecified atom stereocenters. The van der Waals surface area contributed by atoms with E-state index in [1.807, 2.05) is 36.7 Å². The Morgan fingerprint density at radius 1 is 0.889 bits per heavy atom. The van der Waals surface area contributed by atoms with Gasteiger partial charge >= 0.3 is 0 Å². The van der Waals surface area contributed by atoms with Gasteiger partial charge in [0.15, 0.2) is 0 Å². The summed E-state index contributed by atoms with van der Waals surface area (Å²) < 4.78 is 5.69. The van der Waals surface area contributed by atoms with Crippen LogP contribution in [0.4, 0.5) is 0 Å². The van der Waals surface area contributed by atoms with Crippen LogP contribution in [0.3, 0.4) is 0 Å². The highest BCUT2D eigenvalue weighted by molar-refractivity contribution is 5.63. The molecule has 0 amide bonds. The molecule has 1 heterocycles. The molecule has 0 aliphatic heterocycles. The van der Waals surface area contributed by atoms with Gasteiger partial charge in [0.25, 0.3) is 0 Å². The van der Waals surface area contributed by atoms with Gasteiger partial charge < -0.3 is 4.74 Å². The van der Waals surface area contributed by atoms with Crippen molar-refractivity contribution in [3.8, 4) is 16.9 Å². The molecule has 0 N–H and O–H groups in total. The van der Waals surface area contributed by atoms with Gasteiger partial charge in [0, 0.05) is 12.4 Å². The molecule has 0 bridgehead atoms. The number of unbranched alkanes of at least 4 members (excludes halogenated alkanes) is 2. The summed E-state index contributed by atoms with van der Waals surface area (Å²) in [6, 6.07) is 12.3. The summed E-state index contributed by atoms with van der Waals surface area (Å²) >= 11 is 0. The van der Waals surface area contributed by atoms with E-state index in [9.17, 15) is 0 Å². The maximum atomic E-state index is 5.69. The number of pyridine rings is 1. The molecule has 2 nitrogen and oxygen atoms in total. The minimum Gasteiger partial charge on any atom is -0.494 e. The van der Waals surface area contributed by atoms with Crippen molar-refractivity contribution in [1.82, 2.24) is 4.98 Å². The smallest absolute Gasteiger partial charge is 0.119 e. The zero-order valence-corrected chi connectivity index (χ0v) is 10.8. The highest BCUT2D eigenvalue weighted by atomic mass is 16.5. The average molecular weight is 241 g/mol. The first-order chi connectivity index (χ1) is 8.90. The zero-order valence-electron chi connectivity index (χ0n) is 10.8. The molecule has 0 aliphatic carbocycles. The summed E-state index contributed by atoms with van der Waals surface area (Å²) in [4.78, 5) is 4.02. The second kappa shape index (κ2) is 6.80. The molecule has 0 spiro atoms. The van der Waals surface area contributed by atoms with Gasteiger partial charge in [-0.3, -0.25) is 4.98 Å². The van der Waals surface area contributed by atoms with Crippen molar-refractivity contribution in [2.75, 3.05) is 6.61 Å². The summed E-state index contributed by atoms with van der Waals surface area (Å²) in [5.74, 6) is 0.948. The standard InChI is InChI=1S/C16H19NO/c1-2-3-4-13-18-16-7-5-14(6-8-16)15-9-11-17-12-10-15/h5-12H,2-4,13H2,1H3. The SMILES string of the molecule is CCCCCOc1ccc(-c2ccncc2)cc1. The summed E-state index contributed by atoms with van der Waals surface area (Å²) in [5.41, 5.74) is 2.38. The van der Waals surface area contributed by atoms with E-state index in [1.54, 1.807) is 0 Å². The molecule has 0 radical (unpaired) electrons. The van der Waals surface area contributed by atoms with Crippen LogP contribution in [0.1, 0.15) is 26.2 Å². The minimum atomic E-state index is 0.808. The molecule has 2 aromatic rings. The van der Waals surface area contributed by atoms with E-state index in [-0.39, 0.29) is 0 Å². The quantitative estimate of drug-likeness (QED) is 0.703. The Kier molecular flexibility index (Phi) is 4.77. The number of benzene rings is 1. The van der Waals surface area contributed by atoms with E-state index in [0.717, 1.165) is 18.8 Å². The number of nitrogens with zero attached hydrogens (tertiary/aromatic N) is 1. The van der Waals surface area contributed by atoms with Gasteiger partial charge in [-0.15, -0.1) is 0 Å². The summed E-state index contributed by atoms with van der Waals surface area (Å²) in [5, 5.41) is 0. The molecule has 94 valence electrons. The highest BCUT2D eigenvalue weighted by Gasteiger charge is 1.98. The Balaban J connectivity index is 1.94. The van der Waals surface area contributed by atoms with Gasteiger partial charge in [-0.05, 0) is 41.8 Å². The Morgan fingerprint density at radius 2 is 1.56 bits per heavy atom. The Hall–Kier alpha value is -1.83. The predicted octanol–water partition coefficient (Wildman–Crippen LogP) is 4.32. The van der Waals surface area contributed by atoms with Gasteiger partial charge in [0.1, 0.15) is 5.75 Å². The van der Waals surface area contributed by atoms with Gasteiger partial charge in [0.2, 0.25) is 0 Å². The van der Waals surface area contributed by atoms with Crippen LogP contribution in [0.25, 0.3) is 11.1 Å². The fourth-order valence-corrected chi connectivity index (χ4v) is 1.83. The lowest BCUT2D eigenvalue weighted by atomic mass is 10.1. The molecule has 2 rings (SSSR count). The zero-order chi connectivity index (χ0) is 12.6. The number of hydrogen-bond donors (Lipinski definition) is 0. The summed E-state index contributed by atoms with van der Waals surface area (Å²) in [6.07, 6.45) is 7.21. The number of rotatable bonds is 6. The fraction of sp³-hybridized carbons (Fsp3) is 0.312. The monoisotopic (exact) mass is 241 g/mol. The first-order valence-corrected chi connectivity index (χ1v) is 6.53. The molecular weight excluding hydrogens is 222 g/mol. The van der Waals surface area contributed by atoms with Crippen LogP contribution in [0, 0.1) is 0 Å². The van der Waals surface area contributed by atoms with Crippen LogP contribution in [-0.2, 0) is 0 Å². The third kappa shape index (κ3) is 3.59. The molecular formula is C16H19NO. The van der Waals surface area contributed by atoms with Crippen molar-refractivity contribution in [2.24, 2.45) is 0 Å². The Morgan fingerprint density at radius 3 is 2.22 bits per heavy atom. The van der Waals surface area contributed by atoms with Crippen LogP contribution in [0.15, 0.2) is 48.8 Å². The van der Waals surface area contributed by atoms with Crippen LogP contribution in [0.2, 0.25) is 0 Å². The molecule has 2 heteroatoms. The molecule has 0 atom stereocenters. The van der Waals surface area contributed by atoms with E-state index < -0.39 is 0 Å². The third-order valence-corrected chi connectivity index (χ3v) is 2.88. The average Bonchev–Trinajstić information content (AvgIpc) is 2.45. The Bertz CT molecular complexity index is 450. The van der Waals surface area contributed by atoms with Gasteiger partial charge in [-0.1, -0.05) is 31.9 Å². The van der Waals surface area contributed by atoms with Crippen molar-refractivity contribution < 1.29 is 4.74 Å². The van der Waals surface area contributed by atoms with Gasteiger partial charge in [-0.2, -0.15) is 0 Å². The van der Waals surface area contributed by atoms with Gasteiger partial charge in [-0.25, -0.2) is 0 Å². The lowest BCUT2D eigenvalue weighted by Crippen LogP contribution is -1.96. The maximum absolute atomic E-state index is 5.69. The molecule has 0 saturated carbocycles. The maximum Gasteiger partial charge on any atom is 0.119 e. The normalized spacial score (nSPS) is 10.3. The highest BCUT2D eigenvalue weighted by Crippen LogP contribution is 2.21. The van der Waals surface area contributed by atoms with Crippen LogP contribution in [0.5, 0.6) is 5.75 Å². The van der Waals surface area contributed by atoms with E-state index in [4.69, 9.17) is 4.74 Å². The van der Waals surface area contributed by atoms with Crippen LogP contribution in [-0.4, -0.2) is 11.6 Å². The first kappa shape index (κ1) is 12.6. The molecule has 0 fully saturated rings. The molecule has 1 aromatic carbocycles. The number of hydrogen-bond acceptors (Lipinski definition) is 2. The van der Waals surface area contributed by atoms with Crippen LogP contribution >= 0.6 is 0 Å². The van der Waals surface area contributed by atoms with Crippen molar-refractivity contribution in [3.63, 3.8) is 0 Å². The lowest BCUT2D eigenvalue weighted by molar-refractivity contribution is 0.306. The second-order valence-corrected chi connectivity index (χ2v) is 4.32. The van der Waals surface area contributed by atoms with Crippen molar-refractivity contribution in [2.45, 2.75) is 26.2 Å². The van der Waals surface area contributed by atoms with Crippen molar-refractivity contribution in [1.29, 1.82) is 0 Å². The van der Waals surface area contributed by atoms with Gasteiger partial charge in [0.05, 0.1) is 6.61 Å². The molecule has 0 aliphatic rings. The van der Waals surface area contributed by atoms with E-state index in [0.29, 0.717) is 0 Å². The number of ether oxygens (including phenoxy) is 1. The van der Waals surface area contributed by atoms with E-state index >= 15 is 0 Å². The number of aromatic nitrogens is 1.